The molecule has 0 aliphatic heterocycles. The van der Waals surface area contributed by atoms with Crippen molar-refractivity contribution in [2.45, 2.75) is 128 Å². The second-order valence-corrected chi connectivity index (χ2v) is 42.6. The summed E-state index contributed by atoms with van der Waals surface area (Å²) >= 11 is 29.9. The number of esters is 5. The van der Waals surface area contributed by atoms with E-state index in [9.17, 15) is 88.0 Å². The lowest BCUT2D eigenvalue weighted by molar-refractivity contribution is -0.134. The highest BCUT2D eigenvalue weighted by Gasteiger charge is 2.31. The Morgan fingerprint density at radius 3 is 0.477 bits per heavy atom. The number of aryl methyl sites for hydroxylation is 5. The molecule has 15 rings (SSSR count). The van der Waals surface area contributed by atoms with Crippen LogP contribution in [0.15, 0.2) is 299 Å². The molecule has 0 bridgehead atoms. The minimum Gasteiger partial charge on any atom is -0.481 e. The van der Waals surface area contributed by atoms with Crippen molar-refractivity contribution in [3.63, 3.8) is 0 Å². The van der Waals surface area contributed by atoms with Crippen molar-refractivity contribution in [3.8, 4) is 28.7 Å². The fourth-order valence-electron chi connectivity index (χ4n) is 12.3. The fourth-order valence-corrected chi connectivity index (χ4v) is 19.1. The van der Waals surface area contributed by atoms with Gasteiger partial charge in [0, 0.05) is 6.92 Å². The summed E-state index contributed by atoms with van der Waals surface area (Å²) in [5.74, 6) is -8.66. The van der Waals surface area contributed by atoms with Crippen LogP contribution in [0.2, 0.25) is 25.1 Å². The molecule has 47 heteroatoms. The molecule has 0 saturated heterocycles. The van der Waals surface area contributed by atoms with Gasteiger partial charge in [-0.3, -0.25) is 4.79 Å². The van der Waals surface area contributed by atoms with Crippen LogP contribution < -0.4 is 23.7 Å². The molecule has 0 amide bonds. The summed E-state index contributed by atoms with van der Waals surface area (Å²) in [7, 11) is -20.0. The van der Waals surface area contributed by atoms with Crippen molar-refractivity contribution in [2.75, 3.05) is 0 Å². The molecule has 5 aromatic heterocycles. The van der Waals surface area contributed by atoms with Gasteiger partial charge in [0.1, 0.15) is 57.8 Å². The highest BCUT2D eigenvalue weighted by Crippen LogP contribution is 2.30. The van der Waals surface area contributed by atoms with Crippen molar-refractivity contribution in [1.29, 1.82) is 0 Å². The third kappa shape index (κ3) is 35.2. The van der Waals surface area contributed by atoms with Crippen LogP contribution in [0.4, 0.5) is 22.0 Å². The van der Waals surface area contributed by atoms with E-state index in [0.717, 1.165) is 158 Å². The summed E-state index contributed by atoms with van der Waals surface area (Å²) in [6.07, 6.45) is 9.33. The Balaban J connectivity index is 0.000000189. The average molecular weight is 2230 g/mol. The van der Waals surface area contributed by atoms with Crippen LogP contribution in [0.25, 0.3) is 0 Å². The van der Waals surface area contributed by atoms with E-state index in [1.807, 2.05) is 95.3 Å². The third-order valence-corrected chi connectivity index (χ3v) is 28.7. The molecule has 149 heavy (non-hydrogen) atoms. The summed E-state index contributed by atoms with van der Waals surface area (Å²) in [6, 6.07) is 59.3. The maximum absolute atomic E-state index is 13.0. The average Bonchev–Trinajstić information content (AvgIpc) is 0.815. The first kappa shape index (κ1) is 116. The second kappa shape index (κ2) is 53.8. The maximum Gasteiger partial charge on any atom is 0.364 e. The van der Waals surface area contributed by atoms with Gasteiger partial charge in [-0.05, 0) is 209 Å². The number of rotatable bonds is 30. The lowest BCUT2D eigenvalue weighted by Crippen LogP contribution is -2.16. The highest BCUT2D eigenvalue weighted by atomic mass is 35.5. The van der Waals surface area contributed by atoms with Crippen molar-refractivity contribution in [2.24, 2.45) is 0 Å². The van der Waals surface area contributed by atoms with E-state index < -0.39 is 169 Å². The Morgan fingerprint density at radius 2 is 0.356 bits per heavy atom. The van der Waals surface area contributed by atoms with Crippen LogP contribution in [0, 0.1) is 29.1 Å². The van der Waals surface area contributed by atoms with Gasteiger partial charge >= 0.3 is 29.8 Å². The van der Waals surface area contributed by atoms with Gasteiger partial charge < -0.3 is 28.8 Å². The summed E-state index contributed by atoms with van der Waals surface area (Å²) in [5, 5.41) is 3.88. The summed E-state index contributed by atoms with van der Waals surface area (Å²) < 4.78 is 217. The van der Waals surface area contributed by atoms with Crippen LogP contribution >= 0.6 is 58.0 Å². The number of halogens is 10. The number of benzene rings is 10. The molecule has 1 N–H and O–H groups in total. The van der Waals surface area contributed by atoms with Crippen LogP contribution in [0.3, 0.4) is 0 Å². The van der Waals surface area contributed by atoms with Crippen LogP contribution in [-0.4, -0.2) is 133 Å². The monoisotopic (exact) mass is 2230 g/mol. The standard InChI is InChI=1S/5C20H16ClFN2O4S.C2H4O2/c5*1-2-13-5-9-16(10-6-13)28-19(25)18-17(21)11-23-20(24-18)29(26,27)12-14-3-7-15(22)8-4-14;1-2(3)4/h5*3-11H,2,12H2,1H3;1H3,(H,3,4). The van der Waals surface area contributed by atoms with E-state index in [-0.39, 0.29) is 82.3 Å². The Labute approximate surface area is 876 Å². The summed E-state index contributed by atoms with van der Waals surface area (Å²) in [5.41, 5.74) is 5.29. The Morgan fingerprint density at radius 1 is 0.235 bits per heavy atom. The number of nitrogens with zero attached hydrogens (tertiary/aromatic N) is 10. The van der Waals surface area contributed by atoms with Crippen molar-refractivity contribution >= 4 is 143 Å². The fraction of sp³-hybridized carbons (Fsp3) is 0.157. The molecular weight excluding hydrogens is 2150 g/mol. The molecule has 0 spiro atoms. The Hall–Kier alpha value is -14.7. The van der Waals surface area contributed by atoms with Gasteiger partial charge in [0.05, 0.1) is 84.9 Å². The number of aliphatic carboxylic acids is 1. The van der Waals surface area contributed by atoms with E-state index in [0.29, 0.717) is 27.8 Å². The molecular formula is C102H84Cl5F5N10O22S5. The molecule has 5 heterocycles. The van der Waals surface area contributed by atoms with E-state index in [1.165, 1.54) is 60.7 Å². The number of hydrogen-bond donors (Lipinski definition) is 1. The summed E-state index contributed by atoms with van der Waals surface area (Å²) in [6.45, 7) is 11.1. The molecule has 0 fully saturated rings. The normalized spacial score (nSPS) is 11.1. The van der Waals surface area contributed by atoms with Gasteiger partial charge in [0.15, 0.2) is 28.5 Å². The van der Waals surface area contributed by atoms with E-state index in [4.69, 9.17) is 91.6 Å². The second-order valence-electron chi connectivity index (χ2n) is 31.1. The number of ether oxygens (including phenoxy) is 5. The van der Waals surface area contributed by atoms with Gasteiger partial charge in [-0.15, -0.1) is 0 Å². The molecule has 0 aliphatic carbocycles. The number of carbonyl (C=O) groups excluding carboxylic acids is 5. The lowest BCUT2D eigenvalue weighted by Gasteiger charge is -2.08. The highest BCUT2D eigenvalue weighted by molar-refractivity contribution is 7.91. The first-order chi connectivity index (χ1) is 70.6. The van der Waals surface area contributed by atoms with Crippen LogP contribution in [-0.2, 0) is 115 Å². The van der Waals surface area contributed by atoms with Gasteiger partial charge in [0.25, 0.3) is 5.97 Å². The van der Waals surface area contributed by atoms with Crippen LogP contribution in [0.1, 0.15) is 150 Å². The van der Waals surface area contributed by atoms with Gasteiger partial charge in [-0.2, -0.15) is 0 Å². The van der Waals surface area contributed by atoms with Gasteiger partial charge in [0.2, 0.25) is 75.0 Å². The zero-order valence-electron chi connectivity index (χ0n) is 78.9. The number of carboxylic acids is 1. The van der Waals surface area contributed by atoms with E-state index in [1.54, 1.807) is 60.7 Å². The van der Waals surface area contributed by atoms with E-state index >= 15 is 0 Å². The SMILES string of the molecule is CC(=O)O.CCc1ccc(OC(=O)c2nc(S(=O)(=O)Cc3ccc(F)cc3)ncc2Cl)cc1.CCc1ccc(OC(=O)c2nc(S(=O)(=O)Cc3ccc(F)cc3)ncc2Cl)cc1.CCc1ccc(OC(=O)c2nc(S(=O)(=O)Cc3ccc(F)cc3)ncc2Cl)cc1.CCc1ccc(OC(=O)c2nc(S(=O)(=O)Cc3ccc(F)cc3)ncc2Cl)cc1.CCc1ccc(OC(=O)c2nc(S(=O)(=O)Cc3ccc(F)cc3)ncc2Cl)cc1. The molecule has 0 atom stereocenters. The van der Waals surface area contributed by atoms with Gasteiger partial charge in [-0.1, -0.05) is 214 Å². The molecule has 32 nitrogen and oxygen atoms in total. The predicted octanol–water partition coefficient (Wildman–Crippen LogP) is 20.2. The number of hydrogen-bond acceptors (Lipinski definition) is 31. The van der Waals surface area contributed by atoms with Crippen molar-refractivity contribution in [1.82, 2.24) is 49.8 Å². The molecule has 0 radical (unpaired) electrons. The van der Waals surface area contributed by atoms with Crippen molar-refractivity contribution in [3.05, 3.63) is 412 Å². The molecule has 10 aromatic carbocycles. The molecule has 0 unspecified atom stereocenters. The summed E-state index contributed by atoms with van der Waals surface area (Å²) in [4.78, 5) is 109. The Bertz CT molecular complexity index is 6860. The maximum atomic E-state index is 13.0. The quantitative estimate of drug-likeness (QED) is 0.0189. The molecule has 774 valence electrons. The minimum absolute atomic E-state index is 0.138. The Kier molecular flexibility index (Phi) is 41.9. The number of carboxylic acid groups (broad SMARTS) is 1. The third-order valence-electron chi connectivity index (χ3n) is 20.0. The zero-order chi connectivity index (χ0) is 109. The first-order valence-electron chi connectivity index (χ1n) is 43.9. The smallest absolute Gasteiger partial charge is 0.364 e. The number of carbonyl (C=O) groups is 6. The lowest BCUT2D eigenvalue weighted by atomic mass is 10.2. The number of sulfone groups is 5. The minimum atomic E-state index is -3.99. The molecule has 15 aromatic rings. The van der Waals surface area contributed by atoms with E-state index in [2.05, 4.69) is 49.8 Å². The van der Waals surface area contributed by atoms with Crippen molar-refractivity contribution < 1.29 is 122 Å². The topological polar surface area (TPSA) is 468 Å². The number of aromatic nitrogens is 10. The zero-order valence-corrected chi connectivity index (χ0v) is 86.7. The van der Waals surface area contributed by atoms with Gasteiger partial charge in [-0.25, -0.2) is 138 Å². The predicted molar refractivity (Wildman–Crippen MR) is 539 cm³/mol. The molecule has 0 saturated carbocycles. The van der Waals surface area contributed by atoms with Crippen LogP contribution in [0.5, 0.6) is 28.7 Å². The molecule has 0 aliphatic rings. The first-order valence-corrected chi connectivity index (χ1v) is 54.0. The largest absolute Gasteiger partial charge is 0.481 e.